The molecule has 1 aromatic heterocycles. The largest absolute Gasteiger partial charge is 0.480 e. The number of allylic oxidation sites excluding steroid dienone is 3. The number of hydrogen-bond acceptors (Lipinski definition) is 6. The van der Waals surface area contributed by atoms with Gasteiger partial charge in [-0.25, -0.2) is 13.2 Å². The highest BCUT2D eigenvalue weighted by Crippen LogP contribution is 2.35. The third kappa shape index (κ3) is 6.61. The molecule has 0 aliphatic carbocycles. The maximum absolute atomic E-state index is 13.3. The Morgan fingerprint density at radius 1 is 1.21 bits per heavy atom. The number of fused-ring (bicyclic) bond motifs is 2. The Bertz CT molecular complexity index is 1770. The fourth-order valence-corrected chi connectivity index (χ4v) is 6.32. The zero-order valence-corrected chi connectivity index (χ0v) is 25.1. The molecule has 2 N–H and O–H groups in total. The number of benzene rings is 2. The fourth-order valence-electron chi connectivity index (χ4n) is 4.76. The van der Waals surface area contributed by atoms with E-state index in [-0.39, 0.29) is 39.4 Å². The quantitative estimate of drug-likeness (QED) is 0.295. The summed E-state index contributed by atoms with van der Waals surface area (Å²) in [5.41, 5.74) is 2.60. The van der Waals surface area contributed by atoms with Crippen LogP contribution in [0.25, 0.3) is 11.0 Å². The van der Waals surface area contributed by atoms with Crippen LogP contribution in [-0.2, 0) is 27.6 Å². The first-order valence-electron chi connectivity index (χ1n) is 12.8. The Labute approximate surface area is 253 Å². The van der Waals surface area contributed by atoms with Crippen molar-refractivity contribution < 1.29 is 32.3 Å². The minimum Gasteiger partial charge on any atom is -0.480 e. The molecular formula is C30H28Cl2N2O7S. The number of sulfone groups is 1. The number of rotatable bonds is 9. The first kappa shape index (κ1) is 31.1. The molecule has 1 aliphatic rings. The molecule has 0 spiro atoms. The van der Waals surface area contributed by atoms with Crippen molar-refractivity contribution in [1.82, 2.24) is 10.2 Å². The summed E-state index contributed by atoms with van der Waals surface area (Å²) in [5, 5.41) is 13.2. The van der Waals surface area contributed by atoms with Crippen molar-refractivity contribution in [2.24, 2.45) is 0 Å². The normalized spacial score (nSPS) is 14.8. The van der Waals surface area contributed by atoms with Crippen LogP contribution in [0.1, 0.15) is 45.2 Å². The van der Waals surface area contributed by atoms with Crippen LogP contribution in [0.5, 0.6) is 0 Å². The number of nitrogens with one attached hydrogen (secondary N) is 1. The Morgan fingerprint density at radius 2 is 1.95 bits per heavy atom. The third-order valence-corrected chi connectivity index (χ3v) is 8.89. The number of hydrogen-bond donors (Lipinski definition) is 2. The predicted molar refractivity (Wildman–Crippen MR) is 162 cm³/mol. The molecule has 12 heteroatoms. The topological polar surface area (TPSA) is 134 Å². The van der Waals surface area contributed by atoms with Gasteiger partial charge in [0, 0.05) is 36.7 Å². The zero-order valence-electron chi connectivity index (χ0n) is 22.8. The minimum atomic E-state index is -3.56. The summed E-state index contributed by atoms with van der Waals surface area (Å²) < 4.78 is 29.3. The summed E-state index contributed by atoms with van der Waals surface area (Å²) >= 11 is 13.1. The van der Waals surface area contributed by atoms with Gasteiger partial charge in [0.2, 0.25) is 0 Å². The molecule has 9 nitrogen and oxygen atoms in total. The highest BCUT2D eigenvalue weighted by molar-refractivity contribution is 7.94. The molecule has 3 aromatic rings. The summed E-state index contributed by atoms with van der Waals surface area (Å²) in [6.07, 6.45) is 6.72. The number of amides is 2. The fraction of sp³-hybridized carbons (Fsp3) is 0.233. The molecule has 0 radical (unpaired) electrons. The van der Waals surface area contributed by atoms with E-state index in [1.807, 2.05) is 12.1 Å². The van der Waals surface area contributed by atoms with Crippen LogP contribution in [0.3, 0.4) is 0 Å². The number of furan rings is 1. The number of carbonyl (C=O) groups is 3. The SMILES string of the molecule is C=C/C(=C\C(=C/C)S(C)(=O)=O)C[C@H](NC(=O)c1c(Cl)cc2c(c1Cl)CCN(C(=O)c1ccc3ccoc3c1)C2)C(=O)O. The molecule has 0 fully saturated rings. The molecule has 0 saturated heterocycles. The van der Waals surface area contributed by atoms with Crippen LogP contribution >= 0.6 is 23.2 Å². The van der Waals surface area contributed by atoms with Gasteiger partial charge in [-0.15, -0.1) is 0 Å². The lowest BCUT2D eigenvalue weighted by Crippen LogP contribution is -2.41. The van der Waals surface area contributed by atoms with Crippen LogP contribution in [0, 0.1) is 0 Å². The van der Waals surface area contributed by atoms with E-state index >= 15 is 0 Å². The van der Waals surface area contributed by atoms with E-state index < -0.39 is 27.8 Å². The van der Waals surface area contributed by atoms with Gasteiger partial charge >= 0.3 is 5.97 Å². The molecule has 1 atom stereocenters. The van der Waals surface area contributed by atoms with Gasteiger partial charge in [0.1, 0.15) is 11.6 Å². The third-order valence-electron chi connectivity index (χ3n) is 6.97. The van der Waals surface area contributed by atoms with Gasteiger partial charge in [0.15, 0.2) is 9.84 Å². The maximum Gasteiger partial charge on any atom is 0.326 e. The average Bonchev–Trinajstić information content (AvgIpc) is 3.41. The summed E-state index contributed by atoms with van der Waals surface area (Å²) in [6, 6.07) is 7.17. The highest BCUT2D eigenvalue weighted by atomic mass is 35.5. The van der Waals surface area contributed by atoms with Gasteiger partial charge in [0.05, 0.1) is 26.8 Å². The lowest BCUT2D eigenvalue weighted by molar-refractivity contribution is -0.139. The van der Waals surface area contributed by atoms with E-state index in [2.05, 4.69) is 11.9 Å². The van der Waals surface area contributed by atoms with E-state index in [1.54, 1.807) is 36.3 Å². The van der Waals surface area contributed by atoms with E-state index in [0.717, 1.165) is 11.6 Å². The highest BCUT2D eigenvalue weighted by Gasteiger charge is 2.30. The Balaban J connectivity index is 1.55. The second-order valence-corrected chi connectivity index (χ2v) is 12.6. The van der Waals surface area contributed by atoms with Crippen molar-refractivity contribution in [3.05, 3.63) is 104 Å². The van der Waals surface area contributed by atoms with Gasteiger partial charge < -0.3 is 19.7 Å². The summed E-state index contributed by atoms with van der Waals surface area (Å²) in [5.74, 6) is -2.34. The molecule has 42 heavy (non-hydrogen) atoms. The Kier molecular flexibility index (Phi) is 9.30. The lowest BCUT2D eigenvalue weighted by atomic mass is 9.95. The molecule has 2 amide bonds. The first-order valence-corrected chi connectivity index (χ1v) is 15.5. The molecule has 220 valence electrons. The number of halogens is 2. The predicted octanol–water partition coefficient (Wildman–Crippen LogP) is 5.57. The van der Waals surface area contributed by atoms with Crippen molar-refractivity contribution in [3.63, 3.8) is 0 Å². The van der Waals surface area contributed by atoms with Crippen LogP contribution in [-0.4, -0.2) is 55.1 Å². The van der Waals surface area contributed by atoms with E-state index in [0.29, 0.717) is 40.8 Å². The van der Waals surface area contributed by atoms with E-state index in [4.69, 9.17) is 27.6 Å². The zero-order chi connectivity index (χ0) is 30.8. The summed E-state index contributed by atoms with van der Waals surface area (Å²) in [4.78, 5) is 40.1. The molecule has 0 unspecified atom stereocenters. The van der Waals surface area contributed by atoms with E-state index in [1.165, 1.54) is 18.2 Å². The number of carboxylic acids is 1. The van der Waals surface area contributed by atoms with Crippen molar-refractivity contribution in [3.8, 4) is 0 Å². The Hall–Kier alpha value is -3.86. The molecule has 4 rings (SSSR count). The number of aliphatic carboxylic acids is 1. The number of nitrogens with zero attached hydrogens (tertiary/aromatic N) is 1. The van der Waals surface area contributed by atoms with Crippen molar-refractivity contribution >= 4 is 61.8 Å². The van der Waals surface area contributed by atoms with Crippen LogP contribution < -0.4 is 5.32 Å². The minimum absolute atomic E-state index is 0.000502. The monoisotopic (exact) mass is 630 g/mol. The molecule has 1 aliphatic heterocycles. The average molecular weight is 632 g/mol. The van der Waals surface area contributed by atoms with Gasteiger partial charge in [-0.3, -0.25) is 9.59 Å². The number of carboxylic acid groups (broad SMARTS) is 1. The summed E-state index contributed by atoms with van der Waals surface area (Å²) in [6.45, 7) is 5.72. The standard InChI is InChI=1S/C30H28Cl2N2O7S/c1-4-17(12-21(5-2)42(3,39)40)13-24(30(37)38)33-28(35)26-23(31)14-20-16-34(10-8-22(20)27(26)32)29(36)19-7-6-18-9-11-41-25(18)15-19/h4-7,9,11-12,14-15,24H,1,8,10,13,16H2,2-3H3,(H,33,35)(H,37,38)/b17-12+,21-5+/t24-/m0/s1. The molecular weight excluding hydrogens is 603 g/mol. The van der Waals surface area contributed by atoms with Gasteiger partial charge in [0.25, 0.3) is 11.8 Å². The van der Waals surface area contributed by atoms with E-state index in [9.17, 15) is 27.9 Å². The number of carbonyl (C=O) groups excluding carboxylic acids is 2. The van der Waals surface area contributed by atoms with Gasteiger partial charge in [-0.05, 0) is 60.4 Å². The summed E-state index contributed by atoms with van der Waals surface area (Å²) in [7, 11) is -3.56. The Morgan fingerprint density at radius 3 is 2.60 bits per heavy atom. The van der Waals surface area contributed by atoms with Crippen LogP contribution in [0.15, 0.2) is 76.3 Å². The lowest BCUT2D eigenvalue weighted by Gasteiger charge is -2.30. The van der Waals surface area contributed by atoms with Gasteiger partial charge in [-0.1, -0.05) is 48.0 Å². The van der Waals surface area contributed by atoms with Gasteiger partial charge in [-0.2, -0.15) is 0 Å². The maximum atomic E-state index is 13.3. The molecule has 0 saturated carbocycles. The first-order chi connectivity index (χ1) is 19.8. The second kappa shape index (κ2) is 12.6. The van der Waals surface area contributed by atoms with Crippen LogP contribution in [0.4, 0.5) is 0 Å². The van der Waals surface area contributed by atoms with Crippen LogP contribution in [0.2, 0.25) is 10.0 Å². The van der Waals surface area contributed by atoms with Crippen molar-refractivity contribution in [1.29, 1.82) is 0 Å². The smallest absolute Gasteiger partial charge is 0.326 e. The van der Waals surface area contributed by atoms with Crippen molar-refractivity contribution in [2.75, 3.05) is 12.8 Å². The molecule has 2 heterocycles. The second-order valence-electron chi connectivity index (χ2n) is 9.79. The van der Waals surface area contributed by atoms with Crippen molar-refractivity contribution in [2.45, 2.75) is 32.4 Å². The molecule has 2 aromatic carbocycles. The molecule has 0 bridgehead atoms.